The molecule has 0 amide bonds. The highest BCUT2D eigenvalue weighted by Gasteiger charge is 2.46. The van der Waals surface area contributed by atoms with Crippen LogP contribution in [0.1, 0.15) is 12.5 Å². The highest BCUT2D eigenvalue weighted by molar-refractivity contribution is 5.35. The molecule has 2 nitrogen and oxygen atoms in total. The van der Waals surface area contributed by atoms with Crippen molar-refractivity contribution in [2.24, 2.45) is 11.8 Å². The summed E-state index contributed by atoms with van der Waals surface area (Å²) in [6.07, 6.45) is 5.96. The average Bonchev–Trinajstić information content (AvgIpc) is 2.45. The lowest BCUT2D eigenvalue weighted by Gasteiger charge is -2.47. The lowest BCUT2D eigenvalue weighted by atomic mass is 9.64. The summed E-state index contributed by atoms with van der Waals surface area (Å²) in [7, 11) is 0. The minimum Gasteiger partial charge on any atom is -0.392 e. The lowest BCUT2D eigenvalue weighted by Crippen LogP contribution is -2.50. The summed E-state index contributed by atoms with van der Waals surface area (Å²) in [6.45, 7) is 2.67. The monoisotopic (exact) mass is 242 g/mol. The zero-order chi connectivity index (χ0) is 12.5. The number of aliphatic hydroxyl groups excluding tert-OH is 1. The van der Waals surface area contributed by atoms with Gasteiger partial charge in [0.25, 0.3) is 0 Å². The zero-order valence-electron chi connectivity index (χ0n) is 10.5. The molecule has 94 valence electrons. The molecule has 2 aliphatic rings. The molecule has 0 radical (unpaired) electrons. The number of allylic oxidation sites excluding steroid dienone is 2. The topological polar surface area (TPSA) is 29.5 Å². The van der Waals surface area contributed by atoms with E-state index >= 15 is 0 Å². The normalized spacial score (nSPS) is 33.6. The number of hydrogen-bond acceptors (Lipinski definition) is 2. The predicted octanol–water partition coefficient (Wildman–Crippen LogP) is 2.69. The molecule has 0 aromatic heterocycles. The van der Waals surface area contributed by atoms with E-state index in [9.17, 15) is 5.11 Å². The first-order valence-electron chi connectivity index (χ1n) is 6.49. The molecule has 2 aliphatic carbocycles. The molecular weight excluding hydrogens is 224 g/mol. The van der Waals surface area contributed by atoms with Crippen molar-refractivity contribution >= 4 is 0 Å². The van der Waals surface area contributed by atoms with E-state index in [-0.39, 0.29) is 24.0 Å². The van der Waals surface area contributed by atoms with E-state index in [2.05, 4.69) is 25.1 Å². The summed E-state index contributed by atoms with van der Waals surface area (Å²) < 4.78 is 5.93. The summed E-state index contributed by atoms with van der Waals surface area (Å²) in [4.78, 5) is 0. The number of hydrogen-bond donors (Lipinski definition) is 1. The van der Waals surface area contributed by atoms with Crippen molar-refractivity contribution in [1.82, 2.24) is 0 Å². The quantitative estimate of drug-likeness (QED) is 0.883. The van der Waals surface area contributed by atoms with E-state index in [1.54, 1.807) is 0 Å². The van der Waals surface area contributed by atoms with Crippen molar-refractivity contribution in [2.45, 2.75) is 25.7 Å². The molecule has 1 N–H and O–H groups in total. The SMILES string of the molecule is C[C@H]1C2=CC=CC(OCc3ccccc3)C2[C@@H]1O. The third-order valence-corrected chi connectivity index (χ3v) is 4.02. The van der Waals surface area contributed by atoms with Gasteiger partial charge >= 0.3 is 0 Å². The van der Waals surface area contributed by atoms with Gasteiger partial charge in [0.05, 0.1) is 18.8 Å². The van der Waals surface area contributed by atoms with Gasteiger partial charge in [-0.15, -0.1) is 0 Å². The van der Waals surface area contributed by atoms with E-state index < -0.39 is 0 Å². The molecule has 0 saturated heterocycles. The molecule has 1 saturated carbocycles. The first-order valence-corrected chi connectivity index (χ1v) is 6.49. The maximum absolute atomic E-state index is 10.0. The van der Waals surface area contributed by atoms with E-state index in [0.717, 1.165) is 0 Å². The number of ether oxygens (including phenoxy) is 1. The minimum absolute atomic E-state index is 0.0106. The highest BCUT2D eigenvalue weighted by Crippen LogP contribution is 2.45. The second-order valence-electron chi connectivity index (χ2n) is 5.12. The average molecular weight is 242 g/mol. The van der Waals surface area contributed by atoms with Crippen molar-refractivity contribution in [3.63, 3.8) is 0 Å². The molecule has 2 unspecified atom stereocenters. The van der Waals surface area contributed by atoms with Crippen molar-refractivity contribution in [3.05, 3.63) is 59.7 Å². The summed E-state index contributed by atoms with van der Waals surface area (Å²) in [5.41, 5.74) is 2.49. The van der Waals surface area contributed by atoms with Crippen LogP contribution in [0.5, 0.6) is 0 Å². The van der Waals surface area contributed by atoms with E-state index in [0.29, 0.717) is 6.61 Å². The number of aliphatic hydroxyl groups is 1. The summed E-state index contributed by atoms with van der Waals surface area (Å²) in [5.74, 6) is 0.441. The van der Waals surface area contributed by atoms with Crippen LogP contribution in [0.2, 0.25) is 0 Å². The maximum atomic E-state index is 10.0. The van der Waals surface area contributed by atoms with E-state index in [4.69, 9.17) is 4.74 Å². The maximum Gasteiger partial charge on any atom is 0.0853 e. The van der Waals surface area contributed by atoms with Crippen LogP contribution in [0.4, 0.5) is 0 Å². The number of rotatable bonds is 3. The number of benzene rings is 1. The van der Waals surface area contributed by atoms with E-state index in [1.807, 2.05) is 30.4 Å². The second kappa shape index (κ2) is 4.71. The Hall–Kier alpha value is -1.38. The largest absolute Gasteiger partial charge is 0.392 e. The van der Waals surface area contributed by atoms with Crippen molar-refractivity contribution < 1.29 is 9.84 Å². The Kier molecular flexibility index (Phi) is 3.06. The fourth-order valence-electron chi connectivity index (χ4n) is 2.86. The van der Waals surface area contributed by atoms with Crippen molar-refractivity contribution in [2.75, 3.05) is 0 Å². The van der Waals surface area contributed by atoms with Crippen LogP contribution in [-0.4, -0.2) is 17.3 Å². The summed E-state index contributed by atoms with van der Waals surface area (Å²) in [6, 6.07) is 10.1. The molecule has 4 atom stereocenters. The molecule has 18 heavy (non-hydrogen) atoms. The smallest absolute Gasteiger partial charge is 0.0853 e. The minimum atomic E-state index is -0.262. The molecular formula is C16H18O2. The third-order valence-electron chi connectivity index (χ3n) is 4.02. The molecule has 0 aliphatic heterocycles. The third kappa shape index (κ3) is 1.92. The Bertz CT molecular complexity index is 475. The lowest BCUT2D eigenvalue weighted by molar-refractivity contribution is -0.0610. The second-order valence-corrected chi connectivity index (χ2v) is 5.12. The van der Waals surface area contributed by atoms with Crippen LogP contribution in [0.3, 0.4) is 0 Å². The molecule has 0 heterocycles. The Labute approximate surface area is 108 Å². The van der Waals surface area contributed by atoms with Gasteiger partial charge in [-0.2, -0.15) is 0 Å². The van der Waals surface area contributed by atoms with Gasteiger partial charge in [-0.05, 0) is 5.56 Å². The molecule has 1 aromatic carbocycles. The van der Waals surface area contributed by atoms with Gasteiger partial charge in [0.1, 0.15) is 0 Å². The van der Waals surface area contributed by atoms with Gasteiger partial charge in [0, 0.05) is 11.8 Å². The standard InChI is InChI=1S/C16H18O2/c1-11-13-8-5-9-14(15(13)16(11)17)18-10-12-6-3-2-4-7-12/h2-9,11,14-17H,10H2,1H3/t11-,14?,15?,16+/m0/s1. The van der Waals surface area contributed by atoms with Crippen LogP contribution in [0, 0.1) is 11.8 Å². The highest BCUT2D eigenvalue weighted by atomic mass is 16.5. The van der Waals surface area contributed by atoms with Gasteiger partial charge in [0.15, 0.2) is 0 Å². The van der Waals surface area contributed by atoms with Crippen molar-refractivity contribution in [1.29, 1.82) is 0 Å². The molecule has 1 aromatic rings. The molecule has 2 heteroatoms. The fourth-order valence-corrected chi connectivity index (χ4v) is 2.86. The van der Waals surface area contributed by atoms with Crippen LogP contribution in [-0.2, 0) is 11.3 Å². The summed E-state index contributed by atoms with van der Waals surface area (Å²) >= 11 is 0. The van der Waals surface area contributed by atoms with Crippen LogP contribution in [0.25, 0.3) is 0 Å². The first-order chi connectivity index (χ1) is 8.77. The van der Waals surface area contributed by atoms with Gasteiger partial charge in [0.2, 0.25) is 0 Å². The van der Waals surface area contributed by atoms with Gasteiger partial charge in [-0.3, -0.25) is 0 Å². The fraction of sp³-hybridized carbons (Fsp3) is 0.375. The van der Waals surface area contributed by atoms with Crippen LogP contribution >= 0.6 is 0 Å². The van der Waals surface area contributed by atoms with Gasteiger partial charge in [-0.25, -0.2) is 0 Å². The Morgan fingerprint density at radius 1 is 1.22 bits per heavy atom. The van der Waals surface area contributed by atoms with Crippen molar-refractivity contribution in [3.8, 4) is 0 Å². The molecule has 0 spiro atoms. The Balaban J connectivity index is 1.65. The zero-order valence-corrected chi connectivity index (χ0v) is 10.5. The molecule has 3 rings (SSSR count). The first kappa shape index (κ1) is 11.7. The summed E-state index contributed by atoms with van der Waals surface area (Å²) in [5, 5.41) is 10.0. The van der Waals surface area contributed by atoms with E-state index in [1.165, 1.54) is 11.1 Å². The Morgan fingerprint density at radius 3 is 2.78 bits per heavy atom. The molecule has 0 bridgehead atoms. The van der Waals surface area contributed by atoms with Crippen LogP contribution < -0.4 is 0 Å². The van der Waals surface area contributed by atoms with Gasteiger partial charge in [-0.1, -0.05) is 61.1 Å². The van der Waals surface area contributed by atoms with Crippen LogP contribution in [0.15, 0.2) is 54.1 Å². The van der Waals surface area contributed by atoms with Gasteiger partial charge < -0.3 is 9.84 Å². The molecule has 1 fully saturated rings. The predicted molar refractivity (Wildman–Crippen MR) is 70.9 cm³/mol. The number of fused-ring (bicyclic) bond motifs is 1. The Morgan fingerprint density at radius 2 is 2.00 bits per heavy atom.